The van der Waals surface area contributed by atoms with Gasteiger partial charge in [-0.3, -0.25) is 35.8 Å². The van der Waals surface area contributed by atoms with Gasteiger partial charge < -0.3 is 26.9 Å². The van der Waals surface area contributed by atoms with Crippen LogP contribution in [-0.2, 0) is 0 Å². The fourth-order valence-corrected chi connectivity index (χ4v) is 3.03. The molecule has 0 aliphatic heterocycles. The molecule has 3 aromatic carbocycles. The van der Waals surface area contributed by atoms with E-state index in [-0.39, 0.29) is 33.7 Å². The van der Waals surface area contributed by atoms with Crippen LogP contribution in [0, 0.1) is 30.3 Å². The Morgan fingerprint density at radius 3 is 1.90 bits per heavy atom. The van der Waals surface area contributed by atoms with Gasteiger partial charge in [-0.15, -0.1) is 10.2 Å². The van der Waals surface area contributed by atoms with E-state index < -0.39 is 37.5 Å². The summed E-state index contributed by atoms with van der Waals surface area (Å²) in [4.78, 5) is 38.3. The van der Waals surface area contributed by atoms with Gasteiger partial charge in [-0.1, -0.05) is 42.5 Å². The number of hydrogen-bond acceptors (Lipinski definition) is 10. The predicted octanol–water partition coefficient (Wildman–Crippen LogP) is 1.55. The summed E-state index contributed by atoms with van der Waals surface area (Å²) < 4.78 is 0. The van der Waals surface area contributed by atoms with E-state index in [1.807, 2.05) is 6.07 Å². The summed E-state index contributed by atoms with van der Waals surface area (Å²) >= 11 is 0. The molecule has 0 saturated heterocycles. The second-order valence-corrected chi connectivity index (χ2v) is 6.82. The number of anilines is 1. The third-order valence-corrected chi connectivity index (χ3v) is 4.61. The normalized spacial score (nSPS) is 10.4. The number of non-ortho nitro benzene ring substituents is 1. The van der Waals surface area contributed by atoms with Gasteiger partial charge in [0.1, 0.15) is 0 Å². The van der Waals surface area contributed by atoms with Crippen molar-refractivity contribution in [2.45, 2.75) is 0 Å². The van der Waals surface area contributed by atoms with Crippen LogP contribution in [0.1, 0.15) is 5.56 Å². The molecular formula is C20H21N9O10. The third kappa shape index (κ3) is 7.37. The van der Waals surface area contributed by atoms with Crippen molar-refractivity contribution in [1.82, 2.24) is 9.97 Å². The molecule has 0 radical (unpaired) electrons. The molecule has 0 saturated carbocycles. The van der Waals surface area contributed by atoms with E-state index in [1.54, 1.807) is 48.5 Å². The maximum absolute atomic E-state index is 11.5. The molecular weight excluding hydrogens is 526 g/mol. The molecule has 19 heteroatoms. The zero-order valence-electron chi connectivity index (χ0n) is 19.4. The Morgan fingerprint density at radius 2 is 1.36 bits per heavy atom. The van der Waals surface area contributed by atoms with Gasteiger partial charge >= 0.3 is 11.4 Å². The number of fused-ring (bicyclic) bond motifs is 1. The Labute approximate surface area is 216 Å². The van der Waals surface area contributed by atoms with Crippen molar-refractivity contribution < 1.29 is 36.7 Å². The number of nitrogens with one attached hydrogen (secondary N) is 2. The van der Waals surface area contributed by atoms with Gasteiger partial charge in [-0.2, -0.15) is 5.10 Å². The van der Waals surface area contributed by atoms with Gasteiger partial charge in [0, 0.05) is 5.56 Å². The molecule has 0 unspecified atom stereocenters. The van der Waals surface area contributed by atoms with Crippen molar-refractivity contribution >= 4 is 45.6 Å². The van der Waals surface area contributed by atoms with Crippen molar-refractivity contribution in [3.63, 3.8) is 0 Å². The van der Waals surface area contributed by atoms with Gasteiger partial charge in [0.2, 0.25) is 17.5 Å². The smallest absolute Gasteiger partial charge is 0.308 e. The highest BCUT2D eigenvalue weighted by Crippen LogP contribution is 2.38. The molecule has 4 rings (SSSR count). The molecule has 4 aromatic rings. The highest BCUT2D eigenvalue weighted by Gasteiger charge is 2.30. The number of nitro benzene ring substituents is 3. The van der Waals surface area contributed by atoms with Crippen LogP contribution in [0.2, 0.25) is 0 Å². The lowest BCUT2D eigenvalue weighted by Gasteiger charge is -2.05. The number of H-pyrrole nitrogens is 1. The summed E-state index contributed by atoms with van der Waals surface area (Å²) in [6.07, 6.45) is 0. The number of imidazole rings is 1. The molecule has 19 nitrogen and oxygen atoms in total. The monoisotopic (exact) mass is 547 g/mol. The van der Waals surface area contributed by atoms with Crippen molar-refractivity contribution in [3.8, 4) is 0 Å². The second-order valence-electron chi connectivity index (χ2n) is 6.82. The summed E-state index contributed by atoms with van der Waals surface area (Å²) in [5, 5.41) is 46.1. The lowest BCUT2D eigenvalue weighted by Crippen LogP contribution is -2.06. The van der Waals surface area contributed by atoms with Crippen LogP contribution in [0.25, 0.3) is 11.0 Å². The first-order valence-electron chi connectivity index (χ1n) is 9.70. The number of aromatic amines is 1. The number of para-hydroxylation sites is 2. The number of nitro groups is 3. The zero-order valence-corrected chi connectivity index (χ0v) is 19.4. The maximum Gasteiger partial charge on any atom is 0.308 e. The molecule has 0 amide bonds. The Bertz CT molecular complexity index is 1450. The average Bonchev–Trinajstić information content (AvgIpc) is 3.27. The summed E-state index contributed by atoms with van der Waals surface area (Å²) in [7, 11) is 0. The summed E-state index contributed by atoms with van der Waals surface area (Å²) in [5.41, 5.74) is 0.777. The number of azo groups is 1. The highest BCUT2D eigenvalue weighted by molar-refractivity contribution is 6.00. The highest BCUT2D eigenvalue weighted by atomic mass is 16.6. The minimum absolute atomic E-state index is 0. The molecule has 39 heavy (non-hydrogen) atoms. The Morgan fingerprint density at radius 1 is 0.795 bits per heavy atom. The number of hydrogen-bond donors (Lipinski definition) is 2. The predicted molar refractivity (Wildman–Crippen MR) is 138 cm³/mol. The first-order chi connectivity index (χ1) is 16.8. The molecule has 0 aliphatic rings. The van der Waals surface area contributed by atoms with Crippen LogP contribution in [0.5, 0.6) is 0 Å². The number of aromatic nitrogens is 2. The Balaban J connectivity index is 0.00000361. The molecule has 0 aliphatic carbocycles. The van der Waals surface area contributed by atoms with E-state index in [2.05, 4.69) is 30.7 Å². The summed E-state index contributed by atoms with van der Waals surface area (Å²) in [6, 6.07) is 16.7. The molecule has 1 aromatic heterocycles. The molecule has 0 atom stereocenters. The first kappa shape index (κ1) is 33.2. The van der Waals surface area contributed by atoms with Crippen molar-refractivity contribution in [1.29, 1.82) is 0 Å². The van der Waals surface area contributed by atoms with E-state index >= 15 is 0 Å². The number of rotatable bonds is 7. The van der Waals surface area contributed by atoms with Crippen molar-refractivity contribution in [2.75, 3.05) is 5.43 Å². The van der Waals surface area contributed by atoms with E-state index in [4.69, 9.17) is 0 Å². The molecule has 0 spiro atoms. The second kappa shape index (κ2) is 14.1. The van der Waals surface area contributed by atoms with Gasteiger partial charge in [0.15, 0.2) is 0 Å². The number of nitrogens with zero attached hydrogens (tertiary/aromatic N) is 7. The van der Waals surface area contributed by atoms with Crippen molar-refractivity contribution in [3.05, 3.63) is 103 Å². The fourth-order valence-electron chi connectivity index (χ4n) is 3.03. The minimum atomic E-state index is -0.990. The molecule has 0 fully saturated rings. The topological polar surface area (TPSA) is 333 Å². The van der Waals surface area contributed by atoms with Crippen LogP contribution in [0.4, 0.5) is 28.7 Å². The van der Waals surface area contributed by atoms with E-state index in [0.29, 0.717) is 23.2 Å². The molecule has 1 heterocycles. The van der Waals surface area contributed by atoms with E-state index in [0.717, 1.165) is 5.52 Å². The first-order valence-corrected chi connectivity index (χ1v) is 9.70. The average molecular weight is 547 g/mol. The van der Waals surface area contributed by atoms with Gasteiger partial charge in [-0.25, -0.2) is 4.98 Å². The number of hydrazone groups is 1. The van der Waals surface area contributed by atoms with Crippen LogP contribution >= 0.6 is 0 Å². The Hall–Kier alpha value is -5.76. The maximum atomic E-state index is 11.5. The van der Waals surface area contributed by atoms with Gasteiger partial charge in [0.05, 0.1) is 37.9 Å². The van der Waals surface area contributed by atoms with Crippen LogP contribution in [0.3, 0.4) is 0 Å². The minimum Gasteiger partial charge on any atom is -0.412 e. The summed E-state index contributed by atoms with van der Waals surface area (Å²) in [5.74, 6) is 0.0649. The van der Waals surface area contributed by atoms with Gasteiger partial charge in [0.25, 0.3) is 5.69 Å². The zero-order chi connectivity index (χ0) is 24.9. The quantitative estimate of drug-likeness (QED) is 0.112. The lowest BCUT2D eigenvalue weighted by atomic mass is 10.2. The van der Waals surface area contributed by atoms with Crippen LogP contribution in [0.15, 0.2) is 82.1 Å². The van der Waals surface area contributed by atoms with Crippen LogP contribution < -0.4 is 5.43 Å². The Kier molecular flexibility index (Phi) is 12.0. The number of amidine groups is 1. The largest absolute Gasteiger partial charge is 0.412 e. The van der Waals surface area contributed by atoms with E-state index in [9.17, 15) is 30.3 Å². The summed E-state index contributed by atoms with van der Waals surface area (Å²) in [6.45, 7) is 0. The molecule has 0 bridgehead atoms. The molecule has 10 N–H and O–H groups in total. The fraction of sp³-hybridized carbons (Fsp3) is 0. The van der Waals surface area contributed by atoms with Crippen LogP contribution in [-0.4, -0.2) is 52.5 Å². The molecule has 206 valence electrons. The standard InChI is InChI=1S/C20H13N9O6.4H2O/c30-27(31)13-10-16(28(32)33)18(17(11-13)29(34)35)23-24-19(12-6-2-1-3-7-12)25-26-20-21-14-8-4-5-9-15(14)22-20;;;;/h1-11,23H,(H,21,22);4*1H2/b24-19+,26-25?;;;;. The van der Waals surface area contributed by atoms with Gasteiger partial charge in [-0.05, 0) is 12.1 Å². The van der Waals surface area contributed by atoms with Crippen molar-refractivity contribution in [2.24, 2.45) is 15.3 Å². The number of benzene rings is 3. The van der Waals surface area contributed by atoms with E-state index in [1.165, 1.54) is 0 Å². The SMILES string of the molecule is O.O.O.O.O=[N+]([O-])c1cc([N+](=O)[O-])c(N/N=C(/N=Nc2nc3ccccc3[nH]2)c2ccccc2)c([N+](=O)[O-])c1. The third-order valence-electron chi connectivity index (χ3n) is 4.61. The lowest BCUT2D eigenvalue weighted by molar-refractivity contribution is -0.401.